The minimum atomic E-state index is 0.0910. The Morgan fingerprint density at radius 2 is 1.51 bits per heavy atom. The van der Waals surface area contributed by atoms with Crippen LogP contribution in [0.1, 0.15) is 50.4 Å². The molecule has 1 aliphatic carbocycles. The van der Waals surface area contributed by atoms with Gasteiger partial charge in [0.25, 0.3) is 5.91 Å². The Morgan fingerprint density at radius 1 is 0.857 bits per heavy atom. The monoisotopic (exact) mass is 463 g/mol. The third kappa shape index (κ3) is 3.97. The van der Waals surface area contributed by atoms with E-state index >= 15 is 0 Å². The van der Waals surface area contributed by atoms with E-state index in [1.807, 2.05) is 54.6 Å². The molecule has 35 heavy (non-hydrogen) atoms. The molecule has 1 aliphatic heterocycles. The lowest BCUT2D eigenvalue weighted by atomic mass is 9.65. The van der Waals surface area contributed by atoms with Crippen LogP contribution in [0.2, 0.25) is 0 Å². The van der Waals surface area contributed by atoms with Gasteiger partial charge in [0.15, 0.2) is 0 Å². The summed E-state index contributed by atoms with van der Waals surface area (Å²) >= 11 is 0. The summed E-state index contributed by atoms with van der Waals surface area (Å²) in [4.78, 5) is 34.7. The lowest BCUT2D eigenvalue weighted by Gasteiger charge is -2.39. The standard InChI is InChI=1S/C29H29N5O/c1-28(2)15-20-16-29(3,17-28)18-34(20)27(35)19-10-11-21-24(14-19)33-26(23-9-5-7-13-31-23)25(32-21)22-8-4-6-12-30-22/h4-14,20H,15-18H2,1-3H3/t20-,29+/m0/s1. The van der Waals surface area contributed by atoms with Crippen LogP contribution in [0.15, 0.2) is 67.0 Å². The van der Waals surface area contributed by atoms with Crippen LogP contribution in [0.5, 0.6) is 0 Å². The van der Waals surface area contributed by atoms with E-state index in [2.05, 4.69) is 35.6 Å². The van der Waals surface area contributed by atoms with Crippen molar-refractivity contribution < 1.29 is 4.79 Å². The van der Waals surface area contributed by atoms with Crippen molar-refractivity contribution >= 4 is 16.9 Å². The number of amides is 1. The molecular formula is C29H29N5O. The first-order valence-corrected chi connectivity index (χ1v) is 12.3. The molecule has 2 bridgehead atoms. The van der Waals surface area contributed by atoms with E-state index in [1.165, 1.54) is 0 Å². The van der Waals surface area contributed by atoms with Gasteiger partial charge in [0.2, 0.25) is 0 Å². The highest BCUT2D eigenvalue weighted by Gasteiger charge is 2.51. The topological polar surface area (TPSA) is 71.9 Å². The maximum absolute atomic E-state index is 13.7. The largest absolute Gasteiger partial charge is 0.335 e. The number of fused-ring (bicyclic) bond motifs is 3. The highest BCUT2D eigenvalue weighted by atomic mass is 16.2. The van der Waals surface area contributed by atoms with Gasteiger partial charge in [-0.05, 0) is 72.6 Å². The SMILES string of the molecule is CC1(C)C[C@H]2C[C@@](C)(CN2C(=O)c2ccc3nc(-c4ccccn4)c(-c4ccccn4)nc3c2)C1. The number of aromatic nitrogens is 4. The first kappa shape index (κ1) is 21.8. The fourth-order valence-corrected chi connectivity index (χ4v) is 6.41. The van der Waals surface area contributed by atoms with Gasteiger partial charge >= 0.3 is 0 Å². The first-order chi connectivity index (χ1) is 16.8. The number of pyridine rings is 2. The van der Waals surface area contributed by atoms with Crippen molar-refractivity contribution in [2.45, 2.75) is 46.1 Å². The van der Waals surface area contributed by atoms with E-state index in [0.717, 1.165) is 42.7 Å². The predicted molar refractivity (Wildman–Crippen MR) is 137 cm³/mol. The smallest absolute Gasteiger partial charge is 0.254 e. The first-order valence-electron chi connectivity index (χ1n) is 12.3. The molecule has 6 nitrogen and oxygen atoms in total. The summed E-state index contributed by atoms with van der Waals surface area (Å²) < 4.78 is 0. The fraction of sp³-hybridized carbons (Fsp3) is 0.345. The van der Waals surface area contributed by atoms with E-state index in [4.69, 9.17) is 9.97 Å². The fourth-order valence-electron chi connectivity index (χ4n) is 6.41. The number of rotatable bonds is 3. The van der Waals surface area contributed by atoms with E-state index in [1.54, 1.807) is 12.4 Å². The molecule has 4 aromatic rings. The summed E-state index contributed by atoms with van der Waals surface area (Å²) in [7, 11) is 0. The summed E-state index contributed by atoms with van der Waals surface area (Å²) in [6.07, 6.45) is 6.80. The minimum absolute atomic E-state index is 0.0910. The molecule has 1 saturated carbocycles. The molecule has 1 aromatic carbocycles. The van der Waals surface area contributed by atoms with Gasteiger partial charge in [-0.3, -0.25) is 14.8 Å². The molecular weight excluding hydrogens is 434 g/mol. The van der Waals surface area contributed by atoms with E-state index in [-0.39, 0.29) is 16.7 Å². The van der Waals surface area contributed by atoms with Gasteiger partial charge in [-0.2, -0.15) is 0 Å². The second-order valence-electron chi connectivity index (χ2n) is 11.2. The number of benzene rings is 1. The second kappa shape index (κ2) is 7.94. The van der Waals surface area contributed by atoms with Crippen LogP contribution < -0.4 is 0 Å². The van der Waals surface area contributed by atoms with Gasteiger partial charge in [0, 0.05) is 30.5 Å². The van der Waals surface area contributed by atoms with Crippen LogP contribution >= 0.6 is 0 Å². The Balaban J connectivity index is 1.42. The molecule has 1 saturated heterocycles. The van der Waals surface area contributed by atoms with Gasteiger partial charge in [-0.15, -0.1) is 0 Å². The van der Waals surface area contributed by atoms with Crippen LogP contribution in [-0.2, 0) is 0 Å². The average molecular weight is 464 g/mol. The molecule has 2 aliphatic rings. The maximum atomic E-state index is 13.7. The van der Waals surface area contributed by atoms with Crippen LogP contribution in [0, 0.1) is 10.8 Å². The Labute approximate surface area is 205 Å². The summed E-state index contributed by atoms with van der Waals surface area (Å²) in [5, 5.41) is 0. The number of hydrogen-bond acceptors (Lipinski definition) is 5. The molecule has 3 aromatic heterocycles. The van der Waals surface area contributed by atoms with Crippen molar-refractivity contribution in [1.82, 2.24) is 24.8 Å². The van der Waals surface area contributed by atoms with Crippen LogP contribution in [0.3, 0.4) is 0 Å². The summed E-state index contributed by atoms with van der Waals surface area (Å²) in [6, 6.07) is 17.4. The zero-order valence-corrected chi connectivity index (χ0v) is 20.4. The molecule has 1 amide bonds. The van der Waals surface area contributed by atoms with Crippen LogP contribution in [0.4, 0.5) is 0 Å². The Morgan fingerprint density at radius 3 is 2.14 bits per heavy atom. The van der Waals surface area contributed by atoms with Crippen molar-refractivity contribution in [2.24, 2.45) is 10.8 Å². The van der Waals surface area contributed by atoms with Gasteiger partial charge in [-0.25, -0.2) is 9.97 Å². The van der Waals surface area contributed by atoms with E-state index in [9.17, 15) is 4.79 Å². The Kier molecular flexibility index (Phi) is 4.95. The Hall–Kier alpha value is -3.67. The van der Waals surface area contributed by atoms with Gasteiger partial charge in [0.05, 0.1) is 22.4 Å². The van der Waals surface area contributed by atoms with Crippen molar-refractivity contribution in [3.63, 3.8) is 0 Å². The molecule has 6 rings (SSSR count). The molecule has 176 valence electrons. The number of nitrogens with zero attached hydrogens (tertiary/aromatic N) is 5. The Bertz CT molecular complexity index is 1420. The molecule has 0 unspecified atom stereocenters. The van der Waals surface area contributed by atoms with Gasteiger partial charge < -0.3 is 4.90 Å². The molecule has 0 N–H and O–H groups in total. The number of carbonyl (C=O) groups excluding carboxylic acids is 1. The predicted octanol–water partition coefficient (Wildman–Crippen LogP) is 5.79. The highest BCUT2D eigenvalue weighted by Crippen LogP contribution is 2.52. The van der Waals surface area contributed by atoms with Gasteiger partial charge in [0.1, 0.15) is 11.4 Å². The number of likely N-dealkylation sites (tertiary alicyclic amines) is 1. The molecule has 6 heteroatoms. The second-order valence-corrected chi connectivity index (χ2v) is 11.2. The average Bonchev–Trinajstić information content (AvgIpc) is 3.12. The zero-order chi connectivity index (χ0) is 24.2. The van der Waals surface area contributed by atoms with Crippen LogP contribution in [-0.4, -0.2) is 43.3 Å². The lowest BCUT2D eigenvalue weighted by molar-refractivity contribution is 0.0708. The maximum Gasteiger partial charge on any atom is 0.254 e. The van der Waals surface area contributed by atoms with Crippen molar-refractivity contribution in [3.05, 3.63) is 72.6 Å². The zero-order valence-electron chi connectivity index (χ0n) is 20.4. The third-order valence-corrected chi connectivity index (χ3v) is 7.40. The molecule has 2 atom stereocenters. The number of carbonyl (C=O) groups is 1. The highest BCUT2D eigenvalue weighted by molar-refractivity contribution is 5.98. The molecule has 0 spiro atoms. The number of hydrogen-bond donors (Lipinski definition) is 0. The lowest BCUT2D eigenvalue weighted by Crippen LogP contribution is -2.37. The third-order valence-electron chi connectivity index (χ3n) is 7.40. The van der Waals surface area contributed by atoms with Crippen LogP contribution in [0.25, 0.3) is 33.8 Å². The molecule has 0 radical (unpaired) electrons. The van der Waals surface area contributed by atoms with Crippen molar-refractivity contribution in [1.29, 1.82) is 0 Å². The minimum Gasteiger partial charge on any atom is -0.335 e. The summed E-state index contributed by atoms with van der Waals surface area (Å²) in [5.74, 6) is 0.0910. The summed E-state index contributed by atoms with van der Waals surface area (Å²) in [5.41, 5.74) is 5.35. The van der Waals surface area contributed by atoms with Crippen molar-refractivity contribution in [3.8, 4) is 22.8 Å². The van der Waals surface area contributed by atoms with E-state index in [0.29, 0.717) is 28.5 Å². The van der Waals surface area contributed by atoms with E-state index < -0.39 is 0 Å². The van der Waals surface area contributed by atoms with Gasteiger partial charge in [-0.1, -0.05) is 32.9 Å². The van der Waals surface area contributed by atoms with Crippen molar-refractivity contribution in [2.75, 3.05) is 6.54 Å². The quantitative estimate of drug-likeness (QED) is 0.384. The molecule has 4 heterocycles. The summed E-state index contributed by atoms with van der Waals surface area (Å²) in [6.45, 7) is 7.81. The normalized spacial score (nSPS) is 22.9. The molecule has 2 fully saturated rings.